The topological polar surface area (TPSA) is 83.2 Å². The molecule has 0 aliphatic carbocycles. The summed E-state index contributed by atoms with van der Waals surface area (Å²) in [6.07, 6.45) is 0. The highest BCUT2D eigenvalue weighted by atomic mass is 35.5. The molecule has 6 nitrogen and oxygen atoms in total. The maximum Gasteiger partial charge on any atom is 0.0701 e. The molecule has 0 heterocycles. The summed E-state index contributed by atoms with van der Waals surface area (Å²) in [5.74, 6) is 0. The van der Waals surface area contributed by atoms with Gasteiger partial charge >= 0.3 is 0 Å². The first kappa shape index (κ1) is 19.4. The fraction of sp³-hybridized carbons (Fsp3) is 1.00. The van der Waals surface area contributed by atoms with Crippen molar-refractivity contribution in [3.8, 4) is 0 Å². The first-order chi connectivity index (χ1) is 7.91. The Kier molecular flexibility index (Phi) is 21.0. The summed E-state index contributed by atoms with van der Waals surface area (Å²) < 4.78 is 20.6. The van der Waals surface area contributed by atoms with Crippen LogP contribution in [0.1, 0.15) is 0 Å². The number of hydrogen-bond donors (Lipinski definition) is 2. The molecule has 0 radical (unpaired) electrons. The van der Waals surface area contributed by atoms with E-state index in [4.69, 9.17) is 29.8 Å². The monoisotopic (exact) mass is 273 g/mol. The number of halogens is 1. The molecule has 0 rings (SSSR count). The van der Waals surface area contributed by atoms with Gasteiger partial charge in [0.05, 0.1) is 59.5 Å². The second kappa shape index (κ2) is 18.4. The van der Waals surface area contributed by atoms with Gasteiger partial charge < -0.3 is 29.8 Å². The number of ether oxygens (including phenoxy) is 4. The predicted molar refractivity (Wildman–Crippen MR) is 66.7 cm³/mol. The maximum absolute atomic E-state index is 8.42. The summed E-state index contributed by atoms with van der Waals surface area (Å²) in [5, 5.41) is 8.42. The van der Waals surface area contributed by atoms with Crippen LogP contribution in [0.15, 0.2) is 0 Å². The molecule has 0 aromatic carbocycles. The van der Waals surface area contributed by atoms with Gasteiger partial charge in [0.2, 0.25) is 0 Å². The van der Waals surface area contributed by atoms with Gasteiger partial charge in [0.1, 0.15) is 0 Å². The Morgan fingerprint density at radius 1 is 0.647 bits per heavy atom. The van der Waals surface area contributed by atoms with Gasteiger partial charge in [-0.1, -0.05) is 0 Å². The van der Waals surface area contributed by atoms with Gasteiger partial charge in [-0.3, -0.25) is 0 Å². The Bertz CT molecular complexity index is 117. The quantitative estimate of drug-likeness (QED) is 0.437. The van der Waals surface area contributed by atoms with Gasteiger partial charge in [0.15, 0.2) is 0 Å². The van der Waals surface area contributed by atoms with Gasteiger partial charge in [0, 0.05) is 6.54 Å². The Hall–Kier alpha value is 0.0500. The number of nitrogens with two attached hydrogens (primary N) is 1. The second-order valence-electron chi connectivity index (χ2n) is 2.96. The van der Waals surface area contributed by atoms with Gasteiger partial charge in [-0.25, -0.2) is 0 Å². The van der Waals surface area contributed by atoms with Crippen molar-refractivity contribution < 1.29 is 24.1 Å². The van der Waals surface area contributed by atoms with E-state index in [9.17, 15) is 0 Å². The van der Waals surface area contributed by atoms with Crippen LogP contribution in [0.4, 0.5) is 0 Å². The summed E-state index contributed by atoms with van der Waals surface area (Å²) in [6, 6.07) is 0. The van der Waals surface area contributed by atoms with Crippen LogP contribution in [0.3, 0.4) is 0 Å². The molecule has 0 saturated carbocycles. The zero-order valence-electron chi connectivity index (χ0n) is 10.1. The van der Waals surface area contributed by atoms with Crippen molar-refractivity contribution in [2.45, 2.75) is 0 Å². The third-order valence-corrected chi connectivity index (χ3v) is 1.61. The molecule has 0 amide bonds. The fourth-order valence-corrected chi connectivity index (χ4v) is 0.910. The Balaban J connectivity index is 0. The van der Waals surface area contributed by atoms with E-state index >= 15 is 0 Å². The molecule has 0 spiro atoms. The summed E-state index contributed by atoms with van der Waals surface area (Å²) in [4.78, 5) is 0. The largest absolute Gasteiger partial charge is 0.394 e. The maximum atomic E-state index is 8.42. The smallest absolute Gasteiger partial charge is 0.0701 e. The van der Waals surface area contributed by atoms with Crippen molar-refractivity contribution in [3.05, 3.63) is 0 Å². The van der Waals surface area contributed by atoms with Crippen LogP contribution >= 0.6 is 12.4 Å². The molecule has 0 aromatic heterocycles. The third kappa shape index (κ3) is 18.6. The van der Waals surface area contributed by atoms with Crippen LogP contribution in [0.5, 0.6) is 0 Å². The minimum Gasteiger partial charge on any atom is -0.394 e. The summed E-state index contributed by atoms with van der Waals surface area (Å²) >= 11 is 0. The van der Waals surface area contributed by atoms with E-state index in [2.05, 4.69) is 0 Å². The summed E-state index contributed by atoms with van der Waals surface area (Å²) in [5.41, 5.74) is 5.25. The van der Waals surface area contributed by atoms with Crippen molar-refractivity contribution in [1.82, 2.24) is 0 Å². The Morgan fingerprint density at radius 2 is 1.00 bits per heavy atom. The van der Waals surface area contributed by atoms with Crippen LogP contribution in [0.2, 0.25) is 0 Å². The van der Waals surface area contributed by atoms with Crippen molar-refractivity contribution in [2.75, 3.05) is 66.0 Å². The molecular weight excluding hydrogens is 250 g/mol. The first-order valence-corrected chi connectivity index (χ1v) is 5.53. The number of hydrogen-bond acceptors (Lipinski definition) is 6. The molecular formula is C10H24ClNO5. The van der Waals surface area contributed by atoms with E-state index in [0.29, 0.717) is 59.4 Å². The molecule has 0 fully saturated rings. The molecule has 17 heavy (non-hydrogen) atoms. The predicted octanol–water partition coefficient (Wildman–Crippen LogP) is -0.574. The molecule has 0 aromatic rings. The van der Waals surface area contributed by atoms with E-state index < -0.39 is 0 Å². The molecule has 0 aliphatic heterocycles. The number of rotatable bonds is 13. The Morgan fingerprint density at radius 3 is 1.35 bits per heavy atom. The zero-order chi connectivity index (χ0) is 11.9. The van der Waals surface area contributed by atoms with E-state index in [0.717, 1.165) is 0 Å². The molecule has 0 atom stereocenters. The normalized spacial score (nSPS) is 10.2. The molecule has 3 N–H and O–H groups in total. The molecule has 0 bridgehead atoms. The molecule has 0 aliphatic rings. The van der Waals surface area contributed by atoms with E-state index in [-0.39, 0.29) is 19.0 Å². The molecule has 0 unspecified atom stereocenters. The highest BCUT2D eigenvalue weighted by Crippen LogP contribution is 1.82. The average Bonchev–Trinajstić information content (AvgIpc) is 2.31. The minimum absolute atomic E-state index is 0. The van der Waals surface area contributed by atoms with Crippen molar-refractivity contribution in [1.29, 1.82) is 0 Å². The van der Waals surface area contributed by atoms with Crippen molar-refractivity contribution in [2.24, 2.45) is 5.73 Å². The van der Waals surface area contributed by atoms with Gasteiger partial charge in [0.25, 0.3) is 0 Å². The molecule has 106 valence electrons. The SMILES string of the molecule is Cl.NCCOCCOCCOCCOCCO. The average molecular weight is 274 g/mol. The highest BCUT2D eigenvalue weighted by Gasteiger charge is 1.91. The number of aliphatic hydroxyl groups is 1. The summed E-state index contributed by atoms with van der Waals surface area (Å²) in [6.45, 7) is 4.75. The van der Waals surface area contributed by atoms with E-state index in [1.54, 1.807) is 0 Å². The first-order valence-electron chi connectivity index (χ1n) is 5.53. The zero-order valence-corrected chi connectivity index (χ0v) is 11.0. The second-order valence-corrected chi connectivity index (χ2v) is 2.96. The van der Waals surface area contributed by atoms with Crippen LogP contribution in [0, 0.1) is 0 Å². The lowest BCUT2D eigenvalue weighted by molar-refractivity contribution is -0.00481. The van der Waals surface area contributed by atoms with Gasteiger partial charge in [-0.05, 0) is 0 Å². The Labute approximate surface area is 109 Å². The van der Waals surface area contributed by atoms with Crippen molar-refractivity contribution in [3.63, 3.8) is 0 Å². The fourth-order valence-electron chi connectivity index (χ4n) is 0.910. The number of aliphatic hydroxyl groups excluding tert-OH is 1. The summed E-state index contributed by atoms with van der Waals surface area (Å²) in [7, 11) is 0. The van der Waals surface area contributed by atoms with Crippen LogP contribution in [-0.2, 0) is 18.9 Å². The van der Waals surface area contributed by atoms with Crippen LogP contribution in [0.25, 0.3) is 0 Å². The van der Waals surface area contributed by atoms with Crippen molar-refractivity contribution >= 4 is 12.4 Å². The lowest BCUT2D eigenvalue weighted by atomic mass is 10.7. The molecule has 7 heteroatoms. The lowest BCUT2D eigenvalue weighted by Crippen LogP contribution is -2.14. The molecule has 0 saturated heterocycles. The van der Waals surface area contributed by atoms with E-state index in [1.165, 1.54) is 0 Å². The van der Waals surface area contributed by atoms with E-state index in [1.807, 2.05) is 0 Å². The van der Waals surface area contributed by atoms with Gasteiger partial charge in [-0.15, -0.1) is 12.4 Å². The van der Waals surface area contributed by atoms with Crippen LogP contribution < -0.4 is 5.73 Å². The van der Waals surface area contributed by atoms with Crippen LogP contribution in [-0.4, -0.2) is 71.1 Å². The lowest BCUT2D eigenvalue weighted by Gasteiger charge is -2.06. The van der Waals surface area contributed by atoms with Gasteiger partial charge in [-0.2, -0.15) is 0 Å². The minimum atomic E-state index is 0. The standard InChI is InChI=1S/C10H23NO5.ClH/c11-1-3-13-5-7-15-9-10-16-8-6-14-4-2-12;/h12H,1-11H2;1H. The highest BCUT2D eigenvalue weighted by molar-refractivity contribution is 5.85. The third-order valence-electron chi connectivity index (χ3n) is 1.61.